The topological polar surface area (TPSA) is 101 Å². The molecule has 1 heterocycles. The summed E-state index contributed by atoms with van der Waals surface area (Å²) in [5.41, 5.74) is 2.75. The fourth-order valence-electron chi connectivity index (χ4n) is 4.63. The van der Waals surface area contributed by atoms with Crippen LogP contribution < -0.4 is 0 Å². The van der Waals surface area contributed by atoms with Gasteiger partial charge in [-0.2, -0.15) is 0 Å². The van der Waals surface area contributed by atoms with Crippen LogP contribution in [0.3, 0.4) is 0 Å². The molecule has 6 heteroatoms. The molecule has 0 amide bonds. The molecule has 1 aliphatic heterocycles. The third-order valence-corrected chi connectivity index (χ3v) is 6.81. The molecule has 1 aliphatic rings. The molecule has 38 heavy (non-hydrogen) atoms. The quantitative estimate of drug-likeness (QED) is 0.154. The van der Waals surface area contributed by atoms with Crippen LogP contribution in [0.4, 0.5) is 0 Å². The zero-order chi connectivity index (χ0) is 29.0. The molecular formula is C32H46O6. The Morgan fingerprint density at radius 1 is 1.05 bits per heavy atom. The van der Waals surface area contributed by atoms with E-state index in [-0.39, 0.29) is 35.6 Å². The number of ether oxygens (including phenoxy) is 1. The van der Waals surface area contributed by atoms with Crippen molar-refractivity contribution in [2.45, 2.75) is 80.4 Å². The van der Waals surface area contributed by atoms with E-state index in [2.05, 4.69) is 19.1 Å². The molecule has 0 radical (unpaired) electrons. The average Bonchev–Trinajstić information content (AvgIpc) is 2.82. The Morgan fingerprint density at radius 2 is 1.68 bits per heavy atom. The average molecular weight is 527 g/mol. The monoisotopic (exact) mass is 526 g/mol. The van der Waals surface area contributed by atoms with Gasteiger partial charge in [-0.15, -0.1) is 0 Å². The Morgan fingerprint density at radius 3 is 2.32 bits per heavy atom. The standard InChI is InChI=1S/C32H46O6/c1-20(16-22(3)12-14-28-24(5)13-15-30(35)38-28)10-9-11-21(2)17-25(6)31(36)27(8)32(37)26(7)18-23(4)19-29(33)34/h9,11-17,19-20,24-28,32,37H,10,18H2,1-8H3,(H,33,34)/b11-9+,14-12+,21-17+,22-16-,23-19+/t20?,24-,25?,26+,27?,28-,32?/m0/s1. The van der Waals surface area contributed by atoms with Gasteiger partial charge in [0, 0.05) is 29.9 Å². The Bertz CT molecular complexity index is 1010. The van der Waals surface area contributed by atoms with Crippen LogP contribution >= 0.6 is 0 Å². The lowest BCUT2D eigenvalue weighted by atomic mass is 9.83. The van der Waals surface area contributed by atoms with Gasteiger partial charge in [-0.3, -0.25) is 4.79 Å². The normalized spacial score (nSPS) is 23.3. The third kappa shape index (κ3) is 12.0. The second kappa shape index (κ2) is 16.1. The van der Waals surface area contributed by atoms with E-state index >= 15 is 0 Å². The first kappa shape index (κ1) is 33.0. The van der Waals surface area contributed by atoms with E-state index in [4.69, 9.17) is 9.84 Å². The number of aliphatic hydroxyl groups is 1. The van der Waals surface area contributed by atoms with E-state index in [9.17, 15) is 19.5 Å². The highest BCUT2D eigenvalue weighted by atomic mass is 16.5. The molecule has 0 aromatic heterocycles. The smallest absolute Gasteiger partial charge is 0.331 e. The maximum atomic E-state index is 12.9. The van der Waals surface area contributed by atoms with Gasteiger partial charge in [-0.1, -0.05) is 87.8 Å². The van der Waals surface area contributed by atoms with Crippen LogP contribution in [-0.4, -0.2) is 40.1 Å². The van der Waals surface area contributed by atoms with Crippen LogP contribution in [-0.2, 0) is 19.1 Å². The number of hydrogen-bond acceptors (Lipinski definition) is 5. The molecule has 4 unspecified atom stereocenters. The van der Waals surface area contributed by atoms with E-state index < -0.39 is 18.0 Å². The number of esters is 1. The largest absolute Gasteiger partial charge is 0.478 e. The molecule has 0 aromatic carbocycles. The summed E-state index contributed by atoms with van der Waals surface area (Å²) in [4.78, 5) is 35.2. The van der Waals surface area contributed by atoms with Crippen molar-refractivity contribution < 1.29 is 29.3 Å². The van der Waals surface area contributed by atoms with Gasteiger partial charge in [0.25, 0.3) is 0 Å². The zero-order valence-electron chi connectivity index (χ0n) is 24.2. The Labute approximate surface area is 228 Å². The number of cyclic esters (lactones) is 1. The molecule has 2 N–H and O–H groups in total. The highest BCUT2D eigenvalue weighted by molar-refractivity contribution is 5.85. The van der Waals surface area contributed by atoms with E-state index in [1.165, 1.54) is 6.08 Å². The zero-order valence-corrected chi connectivity index (χ0v) is 24.2. The summed E-state index contributed by atoms with van der Waals surface area (Å²) in [6.07, 6.45) is 16.8. The molecule has 0 aromatic rings. The van der Waals surface area contributed by atoms with Gasteiger partial charge in [0.2, 0.25) is 0 Å². The minimum Gasteiger partial charge on any atom is -0.478 e. The SMILES string of the molecule is CC(=C/C(C)C/C=C/C(C)=C/C(C)C(=O)C(C)C(O)[C@H](C)C/C(C)=C/C(=O)O)/C=C/[C@@H]1OC(=O)C=C[C@@H]1C. The van der Waals surface area contributed by atoms with E-state index in [1.54, 1.807) is 13.8 Å². The lowest BCUT2D eigenvalue weighted by Gasteiger charge is -2.25. The van der Waals surface area contributed by atoms with Gasteiger partial charge < -0.3 is 14.9 Å². The summed E-state index contributed by atoms with van der Waals surface area (Å²) in [5.74, 6) is -2.02. The highest BCUT2D eigenvalue weighted by Crippen LogP contribution is 2.24. The Kier molecular flexibility index (Phi) is 14.0. The summed E-state index contributed by atoms with van der Waals surface area (Å²) in [6.45, 7) is 15.3. The first-order chi connectivity index (χ1) is 17.7. The molecule has 7 atom stereocenters. The lowest BCUT2D eigenvalue weighted by molar-refractivity contribution is -0.143. The second-order valence-electron chi connectivity index (χ2n) is 10.9. The third-order valence-electron chi connectivity index (χ3n) is 6.81. The van der Waals surface area contributed by atoms with Crippen molar-refractivity contribution in [2.75, 3.05) is 0 Å². The summed E-state index contributed by atoms with van der Waals surface area (Å²) in [5, 5.41) is 19.5. The summed E-state index contributed by atoms with van der Waals surface area (Å²) >= 11 is 0. The van der Waals surface area contributed by atoms with Gasteiger partial charge >= 0.3 is 11.9 Å². The minimum atomic E-state index is -1.01. The van der Waals surface area contributed by atoms with Crippen LogP contribution in [0.5, 0.6) is 0 Å². The van der Waals surface area contributed by atoms with Crippen molar-refractivity contribution >= 4 is 17.7 Å². The van der Waals surface area contributed by atoms with Crippen LogP contribution in [0.25, 0.3) is 0 Å². The number of aliphatic carboxylic acids is 1. The Hall–Kier alpha value is -2.99. The predicted molar refractivity (Wildman–Crippen MR) is 152 cm³/mol. The molecule has 0 spiro atoms. The number of carbonyl (C=O) groups excluding carboxylic acids is 2. The van der Waals surface area contributed by atoms with Gasteiger partial charge in [0.05, 0.1) is 6.10 Å². The number of allylic oxidation sites excluding steroid dienone is 8. The molecule has 210 valence electrons. The van der Waals surface area contributed by atoms with Gasteiger partial charge in [0.15, 0.2) is 0 Å². The summed E-state index contributed by atoms with van der Waals surface area (Å²) in [6, 6.07) is 0. The van der Waals surface area contributed by atoms with Crippen molar-refractivity contribution in [2.24, 2.45) is 29.6 Å². The highest BCUT2D eigenvalue weighted by Gasteiger charge is 2.29. The van der Waals surface area contributed by atoms with Crippen molar-refractivity contribution in [3.8, 4) is 0 Å². The molecule has 0 fully saturated rings. The van der Waals surface area contributed by atoms with Gasteiger partial charge in [0.1, 0.15) is 11.9 Å². The van der Waals surface area contributed by atoms with E-state index in [0.29, 0.717) is 17.9 Å². The molecule has 0 saturated carbocycles. The lowest BCUT2D eigenvalue weighted by Crippen LogP contribution is -2.34. The molecule has 0 bridgehead atoms. The number of carbonyl (C=O) groups is 3. The van der Waals surface area contributed by atoms with Gasteiger partial charge in [-0.25, -0.2) is 9.59 Å². The van der Waals surface area contributed by atoms with Crippen LogP contribution in [0.1, 0.15) is 68.2 Å². The number of carboxylic acid groups (broad SMARTS) is 1. The van der Waals surface area contributed by atoms with Crippen molar-refractivity contribution in [1.82, 2.24) is 0 Å². The first-order valence-corrected chi connectivity index (χ1v) is 13.4. The van der Waals surface area contributed by atoms with Gasteiger partial charge in [-0.05, 0) is 51.5 Å². The van der Waals surface area contributed by atoms with Crippen molar-refractivity contribution in [3.63, 3.8) is 0 Å². The van der Waals surface area contributed by atoms with E-state index in [1.807, 2.05) is 65.0 Å². The molecule has 6 nitrogen and oxygen atoms in total. The van der Waals surface area contributed by atoms with Crippen LogP contribution in [0.15, 0.2) is 71.4 Å². The molecule has 0 aliphatic carbocycles. The maximum Gasteiger partial charge on any atom is 0.331 e. The van der Waals surface area contributed by atoms with E-state index in [0.717, 1.165) is 23.6 Å². The number of ketones is 1. The summed E-state index contributed by atoms with van der Waals surface area (Å²) < 4.78 is 5.34. The maximum absolute atomic E-state index is 12.9. The number of carboxylic acids is 1. The number of aliphatic hydroxyl groups excluding tert-OH is 1. The predicted octanol–water partition coefficient (Wildman–Crippen LogP) is 6.39. The number of rotatable bonds is 14. The fraction of sp³-hybridized carbons (Fsp3) is 0.531. The summed E-state index contributed by atoms with van der Waals surface area (Å²) in [7, 11) is 0. The number of hydrogen-bond donors (Lipinski definition) is 2. The number of Topliss-reactive ketones (excluding diaryl/α,β-unsaturated/α-hetero) is 1. The molecular weight excluding hydrogens is 480 g/mol. The minimum absolute atomic E-state index is 0.0378. The van der Waals surface area contributed by atoms with Crippen LogP contribution in [0, 0.1) is 29.6 Å². The molecule has 1 rings (SSSR count). The second-order valence-corrected chi connectivity index (χ2v) is 10.9. The van der Waals surface area contributed by atoms with Crippen molar-refractivity contribution in [1.29, 1.82) is 0 Å². The van der Waals surface area contributed by atoms with Crippen molar-refractivity contribution in [3.05, 3.63) is 71.4 Å². The fourth-order valence-corrected chi connectivity index (χ4v) is 4.63. The Balaban J connectivity index is 2.63. The van der Waals surface area contributed by atoms with Crippen LogP contribution in [0.2, 0.25) is 0 Å². The molecule has 0 saturated heterocycles. The first-order valence-electron chi connectivity index (χ1n) is 13.4.